The number of rotatable bonds is 4. The average Bonchev–Trinajstić information content (AvgIpc) is 2.46. The molecule has 0 unspecified atom stereocenters. The number of amidine groups is 1. The highest BCUT2D eigenvalue weighted by Crippen LogP contribution is 2.21. The third-order valence-corrected chi connectivity index (χ3v) is 3.98. The van der Waals surface area contributed by atoms with E-state index in [0.29, 0.717) is 11.7 Å². The van der Waals surface area contributed by atoms with Crippen molar-refractivity contribution in [2.24, 2.45) is 5.73 Å². The second kappa shape index (κ2) is 6.02. The lowest BCUT2D eigenvalue weighted by Crippen LogP contribution is -2.43. The highest BCUT2D eigenvalue weighted by molar-refractivity contribution is 5.93. The van der Waals surface area contributed by atoms with Crippen LogP contribution in [0.25, 0.3) is 0 Å². The van der Waals surface area contributed by atoms with Gasteiger partial charge in [0.2, 0.25) is 0 Å². The smallest absolute Gasteiger partial charge is 0.141 e. The van der Waals surface area contributed by atoms with Crippen LogP contribution in [0.5, 0.6) is 0 Å². The number of pyridine rings is 1. The Morgan fingerprint density at radius 2 is 2.16 bits per heavy atom. The minimum absolute atomic E-state index is 0.0189. The molecule has 1 aliphatic rings. The van der Waals surface area contributed by atoms with Crippen molar-refractivity contribution < 1.29 is 0 Å². The Bertz CT molecular complexity index is 420. The van der Waals surface area contributed by atoms with Crippen LogP contribution in [0.3, 0.4) is 0 Å². The van der Waals surface area contributed by atoms with Crippen LogP contribution in [0.1, 0.15) is 25.5 Å². The number of piperidine rings is 1. The zero-order valence-electron chi connectivity index (χ0n) is 11.8. The number of nitrogens with two attached hydrogens (primary N) is 1. The first kappa shape index (κ1) is 13.8. The Hall–Kier alpha value is -1.62. The molecular formula is C14H23N5. The van der Waals surface area contributed by atoms with E-state index in [1.54, 1.807) is 0 Å². The molecule has 104 valence electrons. The standard InChI is InChI=1S/C14H23N5/c1-3-19-8-6-11(7-9-19)18(2)12-4-5-13(14(15)16)17-10-12/h4-5,10-11H,3,6-9H2,1-2H3,(H3,15,16). The van der Waals surface area contributed by atoms with Crippen LogP contribution in [-0.2, 0) is 0 Å². The molecule has 1 aromatic rings. The zero-order chi connectivity index (χ0) is 13.8. The lowest BCUT2D eigenvalue weighted by molar-refractivity contribution is 0.221. The molecule has 0 aliphatic carbocycles. The van der Waals surface area contributed by atoms with Gasteiger partial charge in [-0.15, -0.1) is 0 Å². The summed E-state index contributed by atoms with van der Waals surface area (Å²) in [5.41, 5.74) is 7.05. The maximum absolute atomic E-state index is 7.35. The van der Waals surface area contributed by atoms with Gasteiger partial charge in [-0.2, -0.15) is 0 Å². The van der Waals surface area contributed by atoms with Crippen LogP contribution in [0.15, 0.2) is 18.3 Å². The van der Waals surface area contributed by atoms with Crippen LogP contribution >= 0.6 is 0 Å². The highest BCUT2D eigenvalue weighted by Gasteiger charge is 2.21. The molecule has 0 radical (unpaired) electrons. The van der Waals surface area contributed by atoms with E-state index in [1.165, 1.54) is 25.9 Å². The molecule has 0 amide bonds. The molecule has 0 bridgehead atoms. The van der Waals surface area contributed by atoms with Gasteiger partial charge >= 0.3 is 0 Å². The molecule has 5 heteroatoms. The minimum Gasteiger partial charge on any atom is -0.382 e. The third kappa shape index (κ3) is 3.23. The molecule has 2 heterocycles. The molecule has 1 aromatic heterocycles. The summed E-state index contributed by atoms with van der Waals surface area (Å²) in [6.07, 6.45) is 4.19. The monoisotopic (exact) mass is 261 g/mol. The van der Waals surface area contributed by atoms with Crippen LogP contribution in [0.2, 0.25) is 0 Å². The second-order valence-electron chi connectivity index (χ2n) is 5.09. The first-order valence-electron chi connectivity index (χ1n) is 6.87. The Morgan fingerprint density at radius 3 is 2.63 bits per heavy atom. The van der Waals surface area contributed by atoms with Crippen molar-refractivity contribution in [3.05, 3.63) is 24.0 Å². The number of hydrogen-bond acceptors (Lipinski definition) is 4. The number of nitrogen functional groups attached to an aromatic ring is 1. The number of nitrogens with one attached hydrogen (secondary N) is 1. The van der Waals surface area contributed by atoms with Gasteiger partial charge in [0, 0.05) is 26.2 Å². The molecule has 5 nitrogen and oxygen atoms in total. The van der Waals surface area contributed by atoms with E-state index in [0.717, 1.165) is 12.2 Å². The fourth-order valence-corrected chi connectivity index (χ4v) is 2.59. The van der Waals surface area contributed by atoms with Crippen molar-refractivity contribution in [3.63, 3.8) is 0 Å². The van der Waals surface area contributed by atoms with Crippen molar-refractivity contribution in [3.8, 4) is 0 Å². The van der Waals surface area contributed by atoms with E-state index < -0.39 is 0 Å². The van der Waals surface area contributed by atoms with Crippen LogP contribution in [-0.4, -0.2) is 48.4 Å². The van der Waals surface area contributed by atoms with E-state index in [4.69, 9.17) is 11.1 Å². The maximum atomic E-state index is 7.35. The van der Waals surface area contributed by atoms with Gasteiger partial charge in [-0.05, 0) is 31.5 Å². The molecular weight excluding hydrogens is 238 g/mol. The summed E-state index contributed by atoms with van der Waals surface area (Å²) in [5, 5.41) is 7.35. The first-order valence-corrected chi connectivity index (χ1v) is 6.87. The number of likely N-dealkylation sites (tertiary alicyclic amines) is 1. The third-order valence-electron chi connectivity index (χ3n) is 3.98. The van der Waals surface area contributed by atoms with Crippen LogP contribution < -0.4 is 10.6 Å². The Morgan fingerprint density at radius 1 is 1.47 bits per heavy atom. The Kier molecular flexibility index (Phi) is 4.37. The Labute approximate surface area is 114 Å². The van der Waals surface area contributed by atoms with Gasteiger partial charge in [0.25, 0.3) is 0 Å². The molecule has 0 spiro atoms. The van der Waals surface area contributed by atoms with Gasteiger partial charge in [0.05, 0.1) is 11.9 Å². The van der Waals surface area contributed by atoms with Gasteiger partial charge in [-0.3, -0.25) is 10.4 Å². The van der Waals surface area contributed by atoms with Gasteiger partial charge in [0.15, 0.2) is 0 Å². The largest absolute Gasteiger partial charge is 0.382 e. The highest BCUT2D eigenvalue weighted by atomic mass is 15.2. The minimum atomic E-state index is 0.0189. The van der Waals surface area contributed by atoms with Crippen molar-refractivity contribution in [2.45, 2.75) is 25.8 Å². The number of anilines is 1. The fraction of sp³-hybridized carbons (Fsp3) is 0.571. The van der Waals surface area contributed by atoms with Crippen LogP contribution in [0, 0.1) is 5.41 Å². The number of hydrogen-bond donors (Lipinski definition) is 2. The molecule has 0 saturated carbocycles. The summed E-state index contributed by atoms with van der Waals surface area (Å²) >= 11 is 0. The number of nitrogens with zero attached hydrogens (tertiary/aromatic N) is 3. The van der Waals surface area contributed by atoms with Crippen molar-refractivity contribution in [1.29, 1.82) is 5.41 Å². The lowest BCUT2D eigenvalue weighted by atomic mass is 10.0. The summed E-state index contributed by atoms with van der Waals surface area (Å²) in [6, 6.07) is 4.39. The van der Waals surface area contributed by atoms with E-state index >= 15 is 0 Å². The average molecular weight is 261 g/mol. The van der Waals surface area contributed by atoms with Gasteiger partial charge in [-0.25, -0.2) is 0 Å². The van der Waals surface area contributed by atoms with E-state index in [-0.39, 0.29) is 5.84 Å². The van der Waals surface area contributed by atoms with Gasteiger partial charge < -0.3 is 15.5 Å². The predicted molar refractivity (Wildman–Crippen MR) is 78.8 cm³/mol. The summed E-state index contributed by atoms with van der Waals surface area (Å²) in [4.78, 5) is 9.01. The summed E-state index contributed by atoms with van der Waals surface area (Å²) in [5.74, 6) is 0.0189. The predicted octanol–water partition coefficient (Wildman–Crippen LogP) is 1.29. The Balaban J connectivity index is 1.99. The fourth-order valence-electron chi connectivity index (χ4n) is 2.59. The molecule has 1 saturated heterocycles. The molecule has 1 aliphatic heterocycles. The topological polar surface area (TPSA) is 69.2 Å². The molecule has 19 heavy (non-hydrogen) atoms. The van der Waals surface area contributed by atoms with Crippen molar-refractivity contribution >= 4 is 11.5 Å². The first-order chi connectivity index (χ1) is 9.11. The molecule has 2 rings (SSSR count). The molecule has 1 fully saturated rings. The maximum Gasteiger partial charge on any atom is 0.141 e. The summed E-state index contributed by atoms with van der Waals surface area (Å²) < 4.78 is 0. The van der Waals surface area contributed by atoms with E-state index in [1.807, 2.05) is 18.3 Å². The van der Waals surface area contributed by atoms with Gasteiger partial charge in [0.1, 0.15) is 11.5 Å². The zero-order valence-corrected chi connectivity index (χ0v) is 11.8. The van der Waals surface area contributed by atoms with Crippen LogP contribution in [0.4, 0.5) is 5.69 Å². The van der Waals surface area contributed by atoms with Gasteiger partial charge in [-0.1, -0.05) is 6.92 Å². The quantitative estimate of drug-likeness (QED) is 0.633. The normalized spacial score (nSPS) is 17.4. The van der Waals surface area contributed by atoms with E-state index in [9.17, 15) is 0 Å². The van der Waals surface area contributed by atoms with Crippen molar-refractivity contribution in [2.75, 3.05) is 31.6 Å². The second-order valence-corrected chi connectivity index (χ2v) is 5.09. The molecule has 0 aromatic carbocycles. The van der Waals surface area contributed by atoms with E-state index in [2.05, 4.69) is 28.8 Å². The summed E-state index contributed by atoms with van der Waals surface area (Å²) in [7, 11) is 2.12. The van der Waals surface area contributed by atoms with Crippen molar-refractivity contribution in [1.82, 2.24) is 9.88 Å². The molecule has 0 atom stereocenters. The lowest BCUT2D eigenvalue weighted by Gasteiger charge is -2.37. The SMILES string of the molecule is CCN1CCC(N(C)c2ccc(C(=N)N)nc2)CC1. The number of aromatic nitrogens is 1. The molecule has 3 N–H and O–H groups in total. The summed E-state index contributed by atoms with van der Waals surface area (Å²) in [6.45, 7) is 5.70.